The van der Waals surface area contributed by atoms with Crippen LogP contribution >= 0.6 is 0 Å². The van der Waals surface area contributed by atoms with Crippen molar-refractivity contribution in [2.24, 2.45) is 0 Å². The summed E-state index contributed by atoms with van der Waals surface area (Å²) >= 11 is 0. The molecular formula is C20H22N8O2. The van der Waals surface area contributed by atoms with Gasteiger partial charge in [-0.15, -0.1) is 10.2 Å². The van der Waals surface area contributed by atoms with Crippen molar-refractivity contribution in [1.82, 2.24) is 34.9 Å². The van der Waals surface area contributed by atoms with Gasteiger partial charge >= 0.3 is 0 Å². The molecule has 0 unspecified atom stereocenters. The number of methoxy groups -OCH3 is 1. The molecule has 10 heteroatoms. The molecule has 3 N–H and O–H groups in total. The van der Waals surface area contributed by atoms with Crippen LogP contribution in [0.2, 0.25) is 0 Å². The highest BCUT2D eigenvalue weighted by molar-refractivity contribution is 5.97. The smallest absolute Gasteiger partial charge is 0.228 e. The van der Waals surface area contributed by atoms with Crippen molar-refractivity contribution in [3.05, 3.63) is 30.9 Å². The zero-order valence-corrected chi connectivity index (χ0v) is 16.9. The fourth-order valence-electron chi connectivity index (χ4n) is 4.27. The van der Waals surface area contributed by atoms with E-state index in [4.69, 9.17) is 4.74 Å². The summed E-state index contributed by atoms with van der Waals surface area (Å²) in [6.45, 7) is 3.58. The largest absolute Gasteiger partial charge is 0.480 e. The number of anilines is 1. The molecule has 5 rings (SSSR count). The number of amides is 1. The Balaban J connectivity index is 1.44. The molecule has 4 heterocycles. The van der Waals surface area contributed by atoms with Crippen molar-refractivity contribution in [3.8, 4) is 17.0 Å². The van der Waals surface area contributed by atoms with E-state index in [2.05, 4.69) is 35.8 Å². The molecule has 0 aliphatic heterocycles. The number of pyridine rings is 1. The zero-order chi connectivity index (χ0) is 20.9. The van der Waals surface area contributed by atoms with Crippen LogP contribution in [0.4, 0.5) is 5.95 Å². The Morgan fingerprint density at radius 1 is 1.33 bits per heavy atom. The van der Waals surface area contributed by atoms with Crippen molar-refractivity contribution in [2.45, 2.75) is 38.3 Å². The summed E-state index contributed by atoms with van der Waals surface area (Å²) in [5.74, 6) is 0.974. The number of hydrogen-bond donors (Lipinski definition) is 3. The number of H-pyrrole nitrogens is 1. The van der Waals surface area contributed by atoms with Crippen LogP contribution < -0.4 is 15.4 Å². The molecule has 1 amide bonds. The van der Waals surface area contributed by atoms with Crippen LogP contribution in [0.5, 0.6) is 5.88 Å². The normalized spacial score (nSPS) is 20.8. The van der Waals surface area contributed by atoms with Gasteiger partial charge in [-0.2, -0.15) is 9.97 Å². The van der Waals surface area contributed by atoms with Crippen LogP contribution in [0.3, 0.4) is 0 Å². The zero-order valence-electron chi connectivity index (χ0n) is 16.9. The van der Waals surface area contributed by atoms with E-state index >= 15 is 0 Å². The van der Waals surface area contributed by atoms with E-state index in [1.54, 1.807) is 13.4 Å². The number of carbonyl (C=O) groups is 1. The molecule has 1 aliphatic rings. The molecular weight excluding hydrogens is 384 g/mol. The maximum Gasteiger partial charge on any atom is 0.228 e. The van der Waals surface area contributed by atoms with Gasteiger partial charge in [-0.25, -0.2) is 0 Å². The lowest BCUT2D eigenvalue weighted by atomic mass is 9.74. The first kappa shape index (κ1) is 18.3. The Hall–Kier alpha value is -3.69. The molecule has 0 atom stereocenters. The van der Waals surface area contributed by atoms with Gasteiger partial charge in [-0.1, -0.05) is 0 Å². The van der Waals surface area contributed by atoms with Gasteiger partial charge in [0.25, 0.3) is 0 Å². The van der Waals surface area contributed by atoms with E-state index in [1.165, 1.54) is 6.92 Å². The van der Waals surface area contributed by atoms with Crippen molar-refractivity contribution >= 4 is 28.5 Å². The summed E-state index contributed by atoms with van der Waals surface area (Å²) in [6.07, 6.45) is 7.14. The van der Waals surface area contributed by atoms with Gasteiger partial charge in [0.15, 0.2) is 5.65 Å². The first-order valence-corrected chi connectivity index (χ1v) is 9.72. The lowest BCUT2D eigenvalue weighted by molar-refractivity contribution is -0.121. The van der Waals surface area contributed by atoms with Crippen LogP contribution in [0.15, 0.2) is 30.9 Å². The molecule has 1 saturated carbocycles. The summed E-state index contributed by atoms with van der Waals surface area (Å²) < 4.78 is 7.45. The Morgan fingerprint density at radius 3 is 2.93 bits per heavy atom. The van der Waals surface area contributed by atoms with Crippen molar-refractivity contribution in [2.75, 3.05) is 12.4 Å². The molecule has 0 radical (unpaired) electrons. The maximum absolute atomic E-state index is 11.3. The fraction of sp³-hybridized carbons (Fsp3) is 0.350. The van der Waals surface area contributed by atoms with Gasteiger partial charge < -0.3 is 20.4 Å². The Bertz CT molecular complexity index is 1250. The molecule has 4 aromatic heterocycles. The number of carbonyl (C=O) groups excluding carboxylic acids is 1. The van der Waals surface area contributed by atoms with Crippen LogP contribution in [0.1, 0.15) is 26.7 Å². The number of ether oxygens (including phenoxy) is 1. The minimum atomic E-state index is -0.182. The second-order valence-corrected chi connectivity index (χ2v) is 7.99. The van der Waals surface area contributed by atoms with Crippen molar-refractivity contribution < 1.29 is 9.53 Å². The molecule has 4 aromatic rings. The van der Waals surface area contributed by atoms with E-state index in [0.29, 0.717) is 17.5 Å². The van der Waals surface area contributed by atoms with Crippen LogP contribution in [-0.2, 0) is 4.79 Å². The lowest BCUT2D eigenvalue weighted by Gasteiger charge is -2.45. The van der Waals surface area contributed by atoms with Crippen molar-refractivity contribution in [1.29, 1.82) is 0 Å². The Kier molecular flexibility index (Phi) is 4.09. The fourth-order valence-corrected chi connectivity index (χ4v) is 4.27. The third-order valence-corrected chi connectivity index (χ3v) is 5.50. The van der Waals surface area contributed by atoms with Gasteiger partial charge in [0.2, 0.25) is 17.7 Å². The van der Waals surface area contributed by atoms with Crippen LogP contribution in [0, 0.1) is 0 Å². The third-order valence-electron chi connectivity index (χ3n) is 5.50. The van der Waals surface area contributed by atoms with E-state index in [0.717, 1.165) is 35.0 Å². The second kappa shape index (κ2) is 6.68. The number of fused-ring (bicyclic) bond motifs is 2. The molecule has 30 heavy (non-hydrogen) atoms. The average Bonchev–Trinajstić information content (AvgIpc) is 3.31. The highest BCUT2D eigenvalue weighted by Crippen LogP contribution is 2.36. The molecule has 1 fully saturated rings. The summed E-state index contributed by atoms with van der Waals surface area (Å²) in [7, 11) is 1.60. The van der Waals surface area contributed by atoms with Gasteiger partial charge in [0, 0.05) is 42.0 Å². The van der Waals surface area contributed by atoms with E-state index in [9.17, 15) is 4.79 Å². The minimum Gasteiger partial charge on any atom is -0.480 e. The molecule has 0 spiro atoms. The predicted octanol–water partition coefficient (Wildman–Crippen LogP) is 2.15. The first-order chi connectivity index (χ1) is 14.4. The number of aromatic amines is 1. The number of aromatic nitrogens is 6. The number of rotatable bonds is 5. The minimum absolute atomic E-state index is 0.0149. The Labute approximate surface area is 172 Å². The quantitative estimate of drug-likeness (QED) is 0.464. The first-order valence-electron chi connectivity index (χ1n) is 9.72. The molecule has 0 aromatic carbocycles. The van der Waals surface area contributed by atoms with E-state index < -0.39 is 0 Å². The van der Waals surface area contributed by atoms with Gasteiger partial charge in [0.05, 0.1) is 12.5 Å². The number of hydrogen-bond acceptors (Lipinski definition) is 7. The predicted molar refractivity (Wildman–Crippen MR) is 111 cm³/mol. The number of nitrogens with zero attached hydrogens (tertiary/aromatic N) is 5. The molecule has 0 saturated heterocycles. The highest BCUT2D eigenvalue weighted by atomic mass is 16.5. The lowest BCUT2D eigenvalue weighted by Crippen LogP contribution is -2.59. The summed E-state index contributed by atoms with van der Waals surface area (Å²) in [5.41, 5.74) is 3.19. The van der Waals surface area contributed by atoms with Crippen LogP contribution in [0.25, 0.3) is 27.8 Å². The van der Waals surface area contributed by atoms with Gasteiger partial charge in [0.1, 0.15) is 12.0 Å². The van der Waals surface area contributed by atoms with Gasteiger partial charge in [-0.05, 0) is 31.9 Å². The molecule has 0 bridgehead atoms. The second-order valence-electron chi connectivity index (χ2n) is 7.99. The molecule has 1 aliphatic carbocycles. The third kappa shape index (κ3) is 3.10. The number of nitrogens with one attached hydrogen (secondary N) is 3. The monoisotopic (exact) mass is 406 g/mol. The summed E-state index contributed by atoms with van der Waals surface area (Å²) in [4.78, 5) is 23.8. The van der Waals surface area contributed by atoms with E-state index in [1.807, 2.05) is 35.9 Å². The SMILES string of the molecule is COc1nc(N[C@H]2C[C@@](C)(NC(C)=O)C2)nc2[nH]cc(-c3ccc4nncn4c3)c12. The topological polar surface area (TPSA) is 122 Å². The summed E-state index contributed by atoms with van der Waals surface area (Å²) in [6, 6.07) is 4.08. The maximum atomic E-state index is 11.3. The standard InChI is InChI=1S/C20H22N8O2/c1-11(29)26-20(2)6-13(7-20)23-19-24-17-16(18(25-19)30-3)14(8-21-17)12-4-5-15-27-22-10-28(15)9-12/h4-5,8-10,13H,6-7H2,1-3H3,(H,26,29)(H2,21,23,24,25)/t13-,20+. The van der Waals surface area contributed by atoms with Crippen LogP contribution in [-0.4, -0.2) is 54.1 Å². The highest BCUT2D eigenvalue weighted by Gasteiger charge is 2.41. The van der Waals surface area contributed by atoms with Gasteiger partial charge in [-0.3, -0.25) is 9.20 Å². The van der Waals surface area contributed by atoms with Crippen molar-refractivity contribution in [3.63, 3.8) is 0 Å². The molecule has 10 nitrogen and oxygen atoms in total. The van der Waals surface area contributed by atoms with E-state index in [-0.39, 0.29) is 17.5 Å². The Morgan fingerprint density at radius 2 is 2.17 bits per heavy atom. The average molecular weight is 406 g/mol. The molecule has 154 valence electrons. The summed E-state index contributed by atoms with van der Waals surface area (Å²) in [5, 5.41) is 15.1.